The molecule has 3 heteroatoms. The van der Waals surface area contributed by atoms with Crippen molar-refractivity contribution in [2.75, 3.05) is 0 Å². The van der Waals surface area contributed by atoms with Gasteiger partial charge in [0.05, 0.1) is 0 Å². The lowest BCUT2D eigenvalue weighted by atomic mass is 9.89. The predicted octanol–water partition coefficient (Wildman–Crippen LogP) is 4.94. The number of nitrogens with zero attached hydrogens (tertiary/aromatic N) is 1. The fraction of sp³-hybridized carbons (Fsp3) is 0.320. The van der Waals surface area contributed by atoms with Crippen molar-refractivity contribution in [2.24, 2.45) is 0 Å². The molecule has 0 fully saturated rings. The van der Waals surface area contributed by atoms with Crippen molar-refractivity contribution < 1.29 is 9.90 Å². The summed E-state index contributed by atoms with van der Waals surface area (Å²) in [6.07, 6.45) is 6.22. The number of aromatic nitrogens is 1. The number of aliphatic carboxylic acids is 1. The Balaban J connectivity index is 1.70. The normalized spacial score (nSPS) is 13.3. The Bertz CT molecular complexity index is 985. The molecule has 0 radical (unpaired) electrons. The van der Waals surface area contributed by atoms with E-state index in [1.165, 1.54) is 39.9 Å². The highest BCUT2D eigenvalue weighted by atomic mass is 16.4. The van der Waals surface area contributed by atoms with Crippen molar-refractivity contribution in [3.05, 3.63) is 93.8 Å². The molecule has 0 saturated heterocycles. The van der Waals surface area contributed by atoms with Gasteiger partial charge in [-0.25, -0.2) is 0 Å². The Morgan fingerprint density at radius 3 is 2.29 bits per heavy atom. The van der Waals surface area contributed by atoms with Gasteiger partial charge in [0.1, 0.15) is 6.54 Å². The number of rotatable bonds is 6. The number of carboxylic acids is 1. The van der Waals surface area contributed by atoms with Crippen molar-refractivity contribution >= 4 is 5.97 Å². The maximum Gasteiger partial charge on any atom is 0.323 e. The van der Waals surface area contributed by atoms with E-state index >= 15 is 0 Å². The average molecular weight is 373 g/mol. The minimum atomic E-state index is -0.762. The molecule has 4 rings (SSSR count). The van der Waals surface area contributed by atoms with Gasteiger partial charge in [-0.1, -0.05) is 54.6 Å². The molecule has 3 nitrogen and oxygen atoms in total. The fourth-order valence-electron chi connectivity index (χ4n) is 4.59. The quantitative estimate of drug-likeness (QED) is 0.665. The Morgan fingerprint density at radius 2 is 1.57 bits per heavy atom. The molecule has 1 aliphatic rings. The Labute approximate surface area is 166 Å². The summed E-state index contributed by atoms with van der Waals surface area (Å²) >= 11 is 0. The first-order chi connectivity index (χ1) is 13.6. The summed E-state index contributed by atoms with van der Waals surface area (Å²) in [5.74, 6) is -0.762. The summed E-state index contributed by atoms with van der Waals surface area (Å²) in [5.41, 5.74) is 9.14. The number of fused-ring (bicyclic) bond motifs is 1. The number of hydrogen-bond acceptors (Lipinski definition) is 1. The van der Waals surface area contributed by atoms with Crippen LogP contribution in [0.4, 0.5) is 0 Å². The SMILES string of the molecule is Cc1c(Cc2ccccc2Cc2ccccc2)c2c(n1CC(=O)O)CCCC2. The van der Waals surface area contributed by atoms with Crippen LogP contribution in [-0.2, 0) is 37.0 Å². The van der Waals surface area contributed by atoms with Gasteiger partial charge >= 0.3 is 5.97 Å². The molecule has 0 saturated carbocycles. The fourth-order valence-corrected chi connectivity index (χ4v) is 4.59. The van der Waals surface area contributed by atoms with Crippen molar-refractivity contribution in [1.82, 2.24) is 4.57 Å². The Hall–Kier alpha value is -2.81. The van der Waals surface area contributed by atoms with E-state index < -0.39 is 5.97 Å². The minimum Gasteiger partial charge on any atom is -0.480 e. The molecule has 1 heterocycles. The van der Waals surface area contributed by atoms with Gasteiger partial charge in [0, 0.05) is 11.4 Å². The molecule has 0 bridgehead atoms. The molecule has 3 aromatic rings. The largest absolute Gasteiger partial charge is 0.480 e. The average Bonchev–Trinajstić information content (AvgIpc) is 2.96. The zero-order chi connectivity index (χ0) is 19.5. The third-order valence-corrected chi connectivity index (χ3v) is 5.99. The Kier molecular flexibility index (Phi) is 5.34. The molecule has 28 heavy (non-hydrogen) atoms. The summed E-state index contributed by atoms with van der Waals surface area (Å²) in [5, 5.41) is 9.38. The van der Waals surface area contributed by atoms with Crippen LogP contribution in [0.25, 0.3) is 0 Å². The van der Waals surface area contributed by atoms with Crippen LogP contribution >= 0.6 is 0 Å². The lowest BCUT2D eigenvalue weighted by Crippen LogP contribution is -2.15. The standard InChI is InChI=1S/C25H27NO2/c1-18-23(22-13-7-8-14-24(22)26(18)17-25(27)28)16-21-12-6-5-11-20(21)15-19-9-3-2-4-10-19/h2-6,9-12H,7-8,13-17H2,1H3,(H,27,28). The predicted molar refractivity (Wildman–Crippen MR) is 112 cm³/mol. The monoisotopic (exact) mass is 373 g/mol. The van der Waals surface area contributed by atoms with E-state index in [0.29, 0.717) is 0 Å². The lowest BCUT2D eigenvalue weighted by molar-refractivity contribution is -0.137. The van der Waals surface area contributed by atoms with Crippen LogP contribution in [0, 0.1) is 6.92 Å². The molecule has 1 aromatic heterocycles. The van der Waals surface area contributed by atoms with Crippen LogP contribution in [0.5, 0.6) is 0 Å². The molecule has 0 unspecified atom stereocenters. The highest BCUT2D eigenvalue weighted by Crippen LogP contribution is 2.32. The summed E-state index contributed by atoms with van der Waals surface area (Å²) < 4.78 is 2.05. The highest BCUT2D eigenvalue weighted by Gasteiger charge is 2.24. The van der Waals surface area contributed by atoms with Crippen LogP contribution in [0.2, 0.25) is 0 Å². The van der Waals surface area contributed by atoms with Gasteiger partial charge in [-0.05, 0) is 73.3 Å². The molecule has 1 aliphatic carbocycles. The summed E-state index contributed by atoms with van der Waals surface area (Å²) in [6, 6.07) is 19.2. The smallest absolute Gasteiger partial charge is 0.323 e. The molecular formula is C25H27NO2. The van der Waals surface area contributed by atoms with E-state index in [2.05, 4.69) is 61.5 Å². The first kappa shape index (κ1) is 18.5. The van der Waals surface area contributed by atoms with E-state index in [1.807, 2.05) is 4.57 Å². The van der Waals surface area contributed by atoms with E-state index in [4.69, 9.17) is 0 Å². The molecule has 2 aromatic carbocycles. The second kappa shape index (κ2) is 8.05. The molecule has 0 atom stereocenters. The summed E-state index contributed by atoms with van der Waals surface area (Å²) in [4.78, 5) is 11.4. The highest BCUT2D eigenvalue weighted by molar-refractivity contribution is 5.67. The second-order valence-corrected chi connectivity index (χ2v) is 7.78. The van der Waals surface area contributed by atoms with Gasteiger partial charge in [0.15, 0.2) is 0 Å². The second-order valence-electron chi connectivity index (χ2n) is 7.78. The van der Waals surface area contributed by atoms with E-state index in [0.717, 1.165) is 37.8 Å². The van der Waals surface area contributed by atoms with Crippen molar-refractivity contribution in [3.8, 4) is 0 Å². The number of carboxylic acid groups (broad SMARTS) is 1. The number of hydrogen-bond donors (Lipinski definition) is 1. The zero-order valence-corrected chi connectivity index (χ0v) is 16.4. The van der Waals surface area contributed by atoms with Crippen LogP contribution in [0.15, 0.2) is 54.6 Å². The maximum absolute atomic E-state index is 11.4. The van der Waals surface area contributed by atoms with Crippen LogP contribution in [0.3, 0.4) is 0 Å². The minimum absolute atomic E-state index is 0.0693. The van der Waals surface area contributed by atoms with E-state index in [9.17, 15) is 9.90 Å². The Morgan fingerprint density at radius 1 is 0.929 bits per heavy atom. The first-order valence-electron chi connectivity index (χ1n) is 10.2. The maximum atomic E-state index is 11.4. The molecule has 0 amide bonds. The summed E-state index contributed by atoms with van der Waals surface area (Å²) in [7, 11) is 0. The van der Waals surface area contributed by atoms with Gasteiger partial charge < -0.3 is 9.67 Å². The van der Waals surface area contributed by atoms with Crippen molar-refractivity contribution in [2.45, 2.75) is 52.0 Å². The van der Waals surface area contributed by atoms with Crippen molar-refractivity contribution in [1.29, 1.82) is 0 Å². The van der Waals surface area contributed by atoms with Crippen LogP contribution in [-0.4, -0.2) is 15.6 Å². The third-order valence-electron chi connectivity index (χ3n) is 5.99. The van der Waals surface area contributed by atoms with Gasteiger partial charge in [-0.2, -0.15) is 0 Å². The molecule has 1 N–H and O–H groups in total. The third kappa shape index (κ3) is 3.75. The topological polar surface area (TPSA) is 42.2 Å². The molecule has 0 aliphatic heterocycles. The van der Waals surface area contributed by atoms with Gasteiger partial charge in [0.2, 0.25) is 0 Å². The van der Waals surface area contributed by atoms with Gasteiger partial charge in [0.25, 0.3) is 0 Å². The zero-order valence-electron chi connectivity index (χ0n) is 16.4. The lowest BCUT2D eigenvalue weighted by Gasteiger charge is -2.16. The van der Waals surface area contributed by atoms with Gasteiger partial charge in [-0.3, -0.25) is 4.79 Å². The van der Waals surface area contributed by atoms with E-state index in [1.54, 1.807) is 0 Å². The number of benzene rings is 2. The van der Waals surface area contributed by atoms with Crippen LogP contribution < -0.4 is 0 Å². The molecular weight excluding hydrogens is 346 g/mol. The number of carbonyl (C=O) groups is 1. The molecule has 144 valence electrons. The van der Waals surface area contributed by atoms with Crippen molar-refractivity contribution in [3.63, 3.8) is 0 Å². The van der Waals surface area contributed by atoms with Crippen LogP contribution in [0.1, 0.15) is 52.0 Å². The first-order valence-corrected chi connectivity index (χ1v) is 10.2. The van der Waals surface area contributed by atoms with E-state index in [-0.39, 0.29) is 6.54 Å². The molecule has 0 spiro atoms. The van der Waals surface area contributed by atoms with Gasteiger partial charge in [-0.15, -0.1) is 0 Å². The summed E-state index contributed by atoms with van der Waals surface area (Å²) in [6.45, 7) is 2.16.